The van der Waals surface area contributed by atoms with Crippen LogP contribution in [0.1, 0.15) is 17.2 Å². The highest BCUT2D eigenvalue weighted by atomic mass is 32.2. The van der Waals surface area contributed by atoms with Gasteiger partial charge in [-0.25, -0.2) is 0 Å². The highest BCUT2D eigenvalue weighted by Crippen LogP contribution is 2.41. The lowest BCUT2D eigenvalue weighted by Crippen LogP contribution is -2.08. The molecule has 4 heteroatoms. The lowest BCUT2D eigenvalue weighted by atomic mass is 10.1. The zero-order valence-electron chi connectivity index (χ0n) is 6.80. The third-order valence-electron chi connectivity index (χ3n) is 2.50. The van der Waals surface area contributed by atoms with E-state index in [1.54, 1.807) is 0 Å². The average Bonchev–Trinajstić information content (AvgIpc) is 2.60. The van der Waals surface area contributed by atoms with E-state index in [9.17, 15) is 4.21 Å². The van der Waals surface area contributed by atoms with Crippen LogP contribution >= 0.6 is 0 Å². The third-order valence-corrected chi connectivity index (χ3v) is 3.27. The Bertz CT molecular complexity index is 377. The molecule has 68 valence electrons. The van der Waals surface area contributed by atoms with E-state index < -0.39 is 11.4 Å². The Hall–Kier alpha value is -0.710. The molecular formula is C9H8O3S. The van der Waals surface area contributed by atoms with Crippen LogP contribution in [0.2, 0.25) is 0 Å². The Morgan fingerprint density at radius 1 is 1.31 bits per heavy atom. The lowest BCUT2D eigenvalue weighted by molar-refractivity contribution is 0.176. The van der Waals surface area contributed by atoms with E-state index in [1.807, 2.05) is 18.2 Å². The summed E-state index contributed by atoms with van der Waals surface area (Å²) in [6.07, 6.45) is 0.655. The van der Waals surface area contributed by atoms with Gasteiger partial charge in [0.15, 0.2) is 0 Å². The van der Waals surface area contributed by atoms with Crippen LogP contribution in [0.4, 0.5) is 0 Å². The monoisotopic (exact) mass is 196 g/mol. The summed E-state index contributed by atoms with van der Waals surface area (Å²) in [6, 6.07) is 8.03. The summed E-state index contributed by atoms with van der Waals surface area (Å²) in [6.45, 7) is 0. The topological polar surface area (TPSA) is 35.5 Å². The zero-order valence-corrected chi connectivity index (χ0v) is 7.62. The van der Waals surface area contributed by atoms with E-state index in [2.05, 4.69) is 6.07 Å². The first-order valence-corrected chi connectivity index (χ1v) is 5.18. The maximum atomic E-state index is 10.9. The Labute approximate surface area is 78.5 Å². The smallest absolute Gasteiger partial charge is 0.262 e. The molecule has 0 amide bonds. The molecule has 1 fully saturated rings. The van der Waals surface area contributed by atoms with Crippen LogP contribution in [0.3, 0.4) is 0 Å². The van der Waals surface area contributed by atoms with Gasteiger partial charge in [-0.3, -0.25) is 8.37 Å². The summed E-state index contributed by atoms with van der Waals surface area (Å²) in [5.41, 5.74) is 2.37. The predicted molar refractivity (Wildman–Crippen MR) is 47.0 cm³/mol. The summed E-state index contributed by atoms with van der Waals surface area (Å²) in [5, 5.41) is 0. The summed E-state index contributed by atoms with van der Waals surface area (Å²) in [4.78, 5) is 0. The molecule has 1 saturated heterocycles. The van der Waals surface area contributed by atoms with Crippen LogP contribution in [0.15, 0.2) is 24.3 Å². The molecule has 0 spiro atoms. The molecular weight excluding hydrogens is 188 g/mol. The minimum absolute atomic E-state index is 0.0433. The van der Waals surface area contributed by atoms with Gasteiger partial charge in [0.2, 0.25) is 0 Å². The van der Waals surface area contributed by atoms with Gasteiger partial charge < -0.3 is 0 Å². The summed E-state index contributed by atoms with van der Waals surface area (Å²) >= 11 is -1.54. The largest absolute Gasteiger partial charge is 0.305 e. The Morgan fingerprint density at radius 2 is 2.15 bits per heavy atom. The molecule has 1 aromatic rings. The fourth-order valence-corrected chi connectivity index (χ4v) is 2.74. The number of fused-ring (bicyclic) bond motifs is 3. The predicted octanol–water partition coefficient (Wildman–Crippen LogP) is 1.28. The van der Waals surface area contributed by atoms with Crippen LogP contribution in [-0.4, -0.2) is 10.3 Å². The van der Waals surface area contributed by atoms with Crippen molar-refractivity contribution in [3.8, 4) is 0 Å². The van der Waals surface area contributed by atoms with Gasteiger partial charge >= 0.3 is 11.4 Å². The van der Waals surface area contributed by atoms with Crippen LogP contribution in [0, 0.1) is 0 Å². The molecule has 1 aliphatic carbocycles. The number of benzene rings is 1. The van der Waals surface area contributed by atoms with Gasteiger partial charge in [0.05, 0.1) is 0 Å². The summed E-state index contributed by atoms with van der Waals surface area (Å²) < 4.78 is 21.2. The molecule has 0 radical (unpaired) electrons. The van der Waals surface area contributed by atoms with Gasteiger partial charge in [0, 0.05) is 6.42 Å². The van der Waals surface area contributed by atoms with Gasteiger partial charge in [-0.05, 0) is 11.1 Å². The SMILES string of the molecule is O=S1O[C@H]2Cc3ccccc3[C@H]2O1. The Morgan fingerprint density at radius 3 is 3.08 bits per heavy atom. The standard InChI is InChI=1S/C9H8O3S/c10-13-11-8-5-6-3-1-2-4-7(6)9(8)12-13/h1-4,8-9H,5H2/t8-,9+,13?/m0/s1. The normalized spacial score (nSPS) is 35.8. The highest BCUT2D eigenvalue weighted by Gasteiger charge is 2.42. The maximum Gasteiger partial charge on any atom is 0.305 e. The number of hydrogen-bond donors (Lipinski definition) is 0. The number of hydrogen-bond acceptors (Lipinski definition) is 3. The average molecular weight is 196 g/mol. The van der Waals surface area contributed by atoms with Crippen LogP contribution < -0.4 is 0 Å². The van der Waals surface area contributed by atoms with Crippen molar-refractivity contribution in [2.75, 3.05) is 0 Å². The molecule has 0 N–H and O–H groups in total. The second-order valence-corrected chi connectivity index (χ2v) is 4.05. The molecule has 1 aliphatic heterocycles. The second kappa shape index (κ2) is 2.64. The third kappa shape index (κ3) is 1.06. The minimum Gasteiger partial charge on any atom is -0.262 e. The minimum atomic E-state index is -1.54. The number of rotatable bonds is 0. The summed E-state index contributed by atoms with van der Waals surface area (Å²) in [5.74, 6) is 0. The fraction of sp³-hybridized carbons (Fsp3) is 0.333. The van der Waals surface area contributed by atoms with Gasteiger partial charge in [0.1, 0.15) is 12.2 Å². The van der Waals surface area contributed by atoms with E-state index in [0.29, 0.717) is 0 Å². The Kier molecular flexibility index (Phi) is 1.56. The van der Waals surface area contributed by atoms with E-state index in [-0.39, 0.29) is 12.2 Å². The molecule has 0 saturated carbocycles. The van der Waals surface area contributed by atoms with Crippen molar-refractivity contribution < 1.29 is 12.6 Å². The molecule has 0 aromatic heterocycles. The molecule has 2 aliphatic rings. The zero-order chi connectivity index (χ0) is 8.84. The van der Waals surface area contributed by atoms with Crippen LogP contribution in [0.5, 0.6) is 0 Å². The van der Waals surface area contributed by atoms with Crippen molar-refractivity contribution in [3.05, 3.63) is 35.4 Å². The molecule has 3 nitrogen and oxygen atoms in total. The molecule has 3 rings (SSSR count). The van der Waals surface area contributed by atoms with Crippen molar-refractivity contribution in [1.82, 2.24) is 0 Å². The second-order valence-electron chi connectivity index (χ2n) is 3.26. The van der Waals surface area contributed by atoms with E-state index in [4.69, 9.17) is 8.37 Å². The van der Waals surface area contributed by atoms with E-state index in [0.717, 1.165) is 12.0 Å². The van der Waals surface area contributed by atoms with Gasteiger partial charge in [-0.1, -0.05) is 24.3 Å². The lowest BCUT2D eigenvalue weighted by Gasteiger charge is -2.03. The first-order chi connectivity index (χ1) is 6.34. The first-order valence-electron chi connectivity index (χ1n) is 4.18. The molecule has 1 unspecified atom stereocenters. The van der Waals surface area contributed by atoms with Crippen LogP contribution in [0.25, 0.3) is 0 Å². The first kappa shape index (κ1) is 7.67. The molecule has 13 heavy (non-hydrogen) atoms. The van der Waals surface area contributed by atoms with Gasteiger partial charge in [-0.2, -0.15) is 4.21 Å². The van der Waals surface area contributed by atoms with Gasteiger partial charge in [0.25, 0.3) is 0 Å². The fourth-order valence-electron chi connectivity index (χ4n) is 1.93. The van der Waals surface area contributed by atoms with Crippen LogP contribution in [-0.2, 0) is 26.1 Å². The highest BCUT2D eigenvalue weighted by molar-refractivity contribution is 7.75. The molecule has 3 atom stereocenters. The van der Waals surface area contributed by atoms with Crippen molar-refractivity contribution in [1.29, 1.82) is 0 Å². The van der Waals surface area contributed by atoms with Crippen molar-refractivity contribution in [2.24, 2.45) is 0 Å². The summed E-state index contributed by atoms with van der Waals surface area (Å²) in [7, 11) is 0. The van der Waals surface area contributed by atoms with Gasteiger partial charge in [-0.15, -0.1) is 0 Å². The maximum absolute atomic E-state index is 10.9. The van der Waals surface area contributed by atoms with Crippen molar-refractivity contribution in [2.45, 2.75) is 18.6 Å². The molecule has 1 heterocycles. The van der Waals surface area contributed by atoms with Crippen molar-refractivity contribution >= 4 is 11.4 Å². The molecule has 1 aromatic carbocycles. The molecule has 0 bridgehead atoms. The quantitative estimate of drug-likeness (QED) is 0.627. The van der Waals surface area contributed by atoms with Crippen molar-refractivity contribution in [3.63, 3.8) is 0 Å². The Balaban J connectivity index is 2.06. The van der Waals surface area contributed by atoms with E-state index in [1.165, 1.54) is 5.56 Å². The van der Waals surface area contributed by atoms with E-state index >= 15 is 0 Å².